The molecule has 0 aliphatic carbocycles. The van der Waals surface area contributed by atoms with Crippen molar-refractivity contribution in [1.29, 1.82) is 0 Å². The van der Waals surface area contributed by atoms with E-state index >= 15 is 0 Å². The highest BCUT2D eigenvalue weighted by atomic mass is 16.5. The lowest BCUT2D eigenvalue weighted by Crippen LogP contribution is -1.85. The molecule has 0 fully saturated rings. The Labute approximate surface area is 122 Å². The van der Waals surface area contributed by atoms with Crippen molar-refractivity contribution in [3.05, 3.63) is 97.6 Å². The van der Waals surface area contributed by atoms with Crippen LogP contribution in [0.2, 0.25) is 0 Å². The second kappa shape index (κ2) is 10.4. The summed E-state index contributed by atoms with van der Waals surface area (Å²) in [5, 5.41) is 0. The Bertz CT molecular complexity index is 440. The van der Waals surface area contributed by atoms with E-state index in [2.05, 4.69) is 26.3 Å². The molecule has 0 spiro atoms. The Balaban J connectivity index is 5.48. The molecule has 106 valence electrons. The van der Waals surface area contributed by atoms with Crippen LogP contribution in [0.1, 0.15) is 0 Å². The summed E-state index contributed by atoms with van der Waals surface area (Å²) in [6.45, 7) is 14.9. The van der Waals surface area contributed by atoms with Crippen LogP contribution in [-0.2, 0) is 9.47 Å². The van der Waals surface area contributed by atoms with E-state index in [-0.39, 0.29) is 0 Å². The molecular formula is C18H22O2. The van der Waals surface area contributed by atoms with Crippen LogP contribution in [-0.4, -0.2) is 14.2 Å². The van der Waals surface area contributed by atoms with Gasteiger partial charge < -0.3 is 9.47 Å². The summed E-state index contributed by atoms with van der Waals surface area (Å²) in [5.41, 5.74) is 1.82. The lowest BCUT2D eigenvalue weighted by atomic mass is 10.0. The van der Waals surface area contributed by atoms with E-state index in [1.54, 1.807) is 38.5 Å². The van der Waals surface area contributed by atoms with Crippen LogP contribution >= 0.6 is 0 Å². The molecule has 0 rings (SSSR count). The predicted octanol–water partition coefficient (Wildman–Crippen LogP) is 4.64. The second-order valence-electron chi connectivity index (χ2n) is 3.61. The van der Waals surface area contributed by atoms with Gasteiger partial charge in [0.25, 0.3) is 0 Å². The Morgan fingerprint density at radius 2 is 0.950 bits per heavy atom. The van der Waals surface area contributed by atoms with Gasteiger partial charge in [0.1, 0.15) is 11.5 Å². The quantitative estimate of drug-likeness (QED) is 0.449. The molecule has 0 amide bonds. The van der Waals surface area contributed by atoms with E-state index in [4.69, 9.17) is 9.47 Å². The van der Waals surface area contributed by atoms with Crippen molar-refractivity contribution in [3.8, 4) is 0 Å². The number of methoxy groups -OCH3 is 2. The second-order valence-corrected chi connectivity index (χ2v) is 3.61. The highest BCUT2D eigenvalue weighted by Crippen LogP contribution is 2.14. The summed E-state index contributed by atoms with van der Waals surface area (Å²) >= 11 is 0. The molecule has 2 nitrogen and oxygen atoms in total. The van der Waals surface area contributed by atoms with E-state index in [9.17, 15) is 0 Å². The zero-order valence-electron chi connectivity index (χ0n) is 12.3. The average Bonchev–Trinajstić information content (AvgIpc) is 2.50. The van der Waals surface area contributed by atoms with Crippen LogP contribution in [0.4, 0.5) is 0 Å². The molecule has 0 N–H and O–H groups in total. The summed E-state index contributed by atoms with van der Waals surface area (Å²) in [5.74, 6) is 1.35. The van der Waals surface area contributed by atoms with Gasteiger partial charge in [0.15, 0.2) is 0 Å². The number of allylic oxidation sites excluding steroid dienone is 10. The third-order valence-electron chi connectivity index (χ3n) is 2.50. The maximum Gasteiger partial charge on any atom is 0.118 e. The number of rotatable bonds is 9. The normalized spacial score (nSPS) is 13.5. The molecule has 0 saturated heterocycles. The molecule has 0 aromatic heterocycles. The Morgan fingerprint density at radius 3 is 1.15 bits per heavy atom. The summed E-state index contributed by atoms with van der Waals surface area (Å²) in [7, 11) is 3.19. The first-order valence-electron chi connectivity index (χ1n) is 6.08. The van der Waals surface area contributed by atoms with E-state index in [1.807, 2.05) is 24.3 Å². The zero-order valence-corrected chi connectivity index (χ0v) is 12.3. The highest BCUT2D eigenvalue weighted by Gasteiger charge is 1.96. The first-order chi connectivity index (χ1) is 9.66. The molecule has 0 aromatic rings. The van der Waals surface area contributed by atoms with Gasteiger partial charge in [-0.3, -0.25) is 0 Å². The Morgan fingerprint density at radius 1 is 0.600 bits per heavy atom. The molecular weight excluding hydrogens is 248 g/mol. The van der Waals surface area contributed by atoms with Crippen molar-refractivity contribution < 1.29 is 9.47 Å². The molecule has 20 heavy (non-hydrogen) atoms. The van der Waals surface area contributed by atoms with Gasteiger partial charge >= 0.3 is 0 Å². The molecule has 0 heterocycles. The molecule has 0 radical (unpaired) electrons. The molecule has 0 saturated carbocycles. The van der Waals surface area contributed by atoms with Crippen LogP contribution in [0.5, 0.6) is 0 Å². The van der Waals surface area contributed by atoms with Gasteiger partial charge in [0.2, 0.25) is 0 Å². The fraction of sp³-hybridized carbons (Fsp3) is 0.111. The zero-order chi connectivity index (χ0) is 15.4. The number of hydrogen-bond acceptors (Lipinski definition) is 2. The monoisotopic (exact) mass is 270 g/mol. The van der Waals surface area contributed by atoms with Crippen molar-refractivity contribution in [2.45, 2.75) is 0 Å². The van der Waals surface area contributed by atoms with Crippen molar-refractivity contribution in [2.24, 2.45) is 0 Å². The number of hydrogen-bond donors (Lipinski definition) is 0. The Hall–Kier alpha value is -2.48. The van der Waals surface area contributed by atoms with Gasteiger partial charge in [0.05, 0.1) is 14.2 Å². The minimum absolute atomic E-state index is 0.673. The van der Waals surface area contributed by atoms with Gasteiger partial charge in [-0.25, -0.2) is 0 Å². The third-order valence-corrected chi connectivity index (χ3v) is 2.50. The van der Waals surface area contributed by atoms with Crippen molar-refractivity contribution in [1.82, 2.24) is 0 Å². The molecule has 0 atom stereocenters. The van der Waals surface area contributed by atoms with Gasteiger partial charge in [-0.15, -0.1) is 0 Å². The number of ether oxygens (including phenoxy) is 2. The van der Waals surface area contributed by atoms with Crippen LogP contribution < -0.4 is 0 Å². The van der Waals surface area contributed by atoms with Crippen molar-refractivity contribution >= 4 is 0 Å². The highest BCUT2D eigenvalue weighted by molar-refractivity contribution is 5.49. The topological polar surface area (TPSA) is 18.5 Å². The van der Waals surface area contributed by atoms with E-state index < -0.39 is 0 Å². The summed E-state index contributed by atoms with van der Waals surface area (Å²) in [6, 6.07) is 0. The lowest BCUT2D eigenvalue weighted by molar-refractivity contribution is 0.307. The maximum absolute atomic E-state index is 5.11. The molecule has 0 aromatic carbocycles. The predicted molar refractivity (Wildman–Crippen MR) is 87.1 cm³/mol. The molecule has 2 heteroatoms. The first-order valence-corrected chi connectivity index (χ1v) is 6.08. The molecule has 0 aliphatic heterocycles. The summed E-state index contributed by atoms with van der Waals surface area (Å²) in [4.78, 5) is 0. The largest absolute Gasteiger partial charge is 0.497 e. The van der Waals surface area contributed by atoms with Gasteiger partial charge in [-0.2, -0.15) is 0 Å². The van der Waals surface area contributed by atoms with Crippen molar-refractivity contribution in [3.63, 3.8) is 0 Å². The Kier molecular flexibility index (Phi) is 9.15. The maximum atomic E-state index is 5.11. The van der Waals surface area contributed by atoms with E-state index in [1.165, 1.54) is 0 Å². The minimum Gasteiger partial charge on any atom is -0.497 e. The fourth-order valence-corrected chi connectivity index (χ4v) is 1.35. The SMILES string of the molecule is C=C\C(=C/C=C(C=C)/C(C=C)=C/C=C(\C=C)OC)OC. The standard InChI is InChI=1S/C18H22O2/c1-7-15(11-13-17(9-3)19-5)16(8-2)12-14-18(10-4)20-6/h7-14H,1-4H2,5-6H3/b15-11+,16-12+,17-13+,18-14+. The fourth-order valence-electron chi connectivity index (χ4n) is 1.35. The first kappa shape index (κ1) is 17.5. The third kappa shape index (κ3) is 5.91. The van der Waals surface area contributed by atoms with Crippen LogP contribution in [0, 0.1) is 0 Å². The van der Waals surface area contributed by atoms with Crippen LogP contribution in [0.15, 0.2) is 97.6 Å². The summed E-state index contributed by atoms with van der Waals surface area (Å²) in [6.07, 6.45) is 14.2. The molecule has 0 bridgehead atoms. The van der Waals surface area contributed by atoms with Gasteiger partial charge in [-0.1, -0.05) is 50.6 Å². The van der Waals surface area contributed by atoms with Gasteiger partial charge in [-0.05, 0) is 35.5 Å². The van der Waals surface area contributed by atoms with Crippen molar-refractivity contribution in [2.75, 3.05) is 14.2 Å². The van der Waals surface area contributed by atoms with E-state index in [0.717, 1.165) is 11.1 Å². The van der Waals surface area contributed by atoms with E-state index in [0.29, 0.717) is 11.5 Å². The van der Waals surface area contributed by atoms with Crippen LogP contribution in [0.25, 0.3) is 0 Å². The minimum atomic E-state index is 0.673. The molecule has 0 aliphatic rings. The lowest BCUT2D eigenvalue weighted by Gasteiger charge is -2.03. The smallest absolute Gasteiger partial charge is 0.118 e. The average molecular weight is 270 g/mol. The summed E-state index contributed by atoms with van der Waals surface area (Å²) < 4.78 is 10.2. The van der Waals surface area contributed by atoms with Gasteiger partial charge in [0, 0.05) is 0 Å². The van der Waals surface area contributed by atoms with Crippen LogP contribution in [0.3, 0.4) is 0 Å². The molecule has 0 unspecified atom stereocenters.